The summed E-state index contributed by atoms with van der Waals surface area (Å²) in [7, 11) is 0. The number of carbonyl (C=O) groups is 1. The van der Waals surface area contributed by atoms with Gasteiger partial charge in [0, 0.05) is 26.2 Å². The van der Waals surface area contributed by atoms with Crippen molar-refractivity contribution < 1.29 is 14.6 Å². The number of rotatable bonds is 5. The average molecular weight is 367 g/mol. The minimum absolute atomic E-state index is 0.0748. The van der Waals surface area contributed by atoms with E-state index in [1.807, 2.05) is 4.90 Å². The molecule has 138 valence electrons. The predicted molar refractivity (Wildman–Crippen MR) is 98.2 cm³/mol. The average Bonchev–Trinajstić information content (AvgIpc) is 2.65. The second-order valence-corrected chi connectivity index (χ2v) is 7.40. The number of piperidine rings is 1. The fraction of sp³-hybridized carbons (Fsp3) is 0.632. The van der Waals surface area contributed by atoms with Gasteiger partial charge in [0.15, 0.2) is 0 Å². The Balaban J connectivity index is 1.42. The SMILES string of the molecule is O=C(c1cc(O)ccc1Cl)N1CCC(CCCN2CCOCC2)CC1. The zero-order valence-electron chi connectivity index (χ0n) is 14.6. The van der Waals surface area contributed by atoms with Gasteiger partial charge in [-0.15, -0.1) is 0 Å². The van der Waals surface area contributed by atoms with Gasteiger partial charge in [-0.2, -0.15) is 0 Å². The van der Waals surface area contributed by atoms with Gasteiger partial charge in [0.05, 0.1) is 23.8 Å². The number of nitrogens with zero attached hydrogens (tertiary/aromatic N) is 2. The van der Waals surface area contributed by atoms with Crippen molar-refractivity contribution in [3.05, 3.63) is 28.8 Å². The van der Waals surface area contributed by atoms with E-state index in [4.69, 9.17) is 16.3 Å². The van der Waals surface area contributed by atoms with E-state index in [9.17, 15) is 9.90 Å². The fourth-order valence-corrected chi connectivity index (χ4v) is 3.90. The number of likely N-dealkylation sites (tertiary alicyclic amines) is 1. The number of hydrogen-bond acceptors (Lipinski definition) is 4. The van der Waals surface area contributed by atoms with Crippen LogP contribution in [0.5, 0.6) is 5.75 Å². The first-order chi connectivity index (χ1) is 12.1. The number of phenols is 1. The van der Waals surface area contributed by atoms with E-state index in [2.05, 4.69) is 4.90 Å². The zero-order chi connectivity index (χ0) is 17.6. The van der Waals surface area contributed by atoms with Crippen molar-refractivity contribution in [2.45, 2.75) is 25.7 Å². The van der Waals surface area contributed by atoms with E-state index >= 15 is 0 Å². The number of hydrogen-bond donors (Lipinski definition) is 1. The van der Waals surface area contributed by atoms with Gasteiger partial charge in [0.25, 0.3) is 5.91 Å². The number of amides is 1. The second kappa shape index (κ2) is 8.88. The van der Waals surface area contributed by atoms with Crippen molar-refractivity contribution in [2.24, 2.45) is 5.92 Å². The lowest BCUT2D eigenvalue weighted by Gasteiger charge is -2.33. The van der Waals surface area contributed by atoms with Crippen LogP contribution in [0.2, 0.25) is 5.02 Å². The molecular formula is C19H27ClN2O3. The molecule has 25 heavy (non-hydrogen) atoms. The van der Waals surface area contributed by atoms with Crippen LogP contribution in [0.4, 0.5) is 0 Å². The summed E-state index contributed by atoms with van der Waals surface area (Å²) in [5.74, 6) is 0.697. The molecule has 0 radical (unpaired) electrons. The molecule has 6 heteroatoms. The van der Waals surface area contributed by atoms with Crippen LogP contribution >= 0.6 is 11.6 Å². The highest BCUT2D eigenvalue weighted by Gasteiger charge is 2.25. The normalized spacial score (nSPS) is 20.0. The third-order valence-electron chi connectivity index (χ3n) is 5.27. The quantitative estimate of drug-likeness (QED) is 0.870. The Hall–Kier alpha value is -1.30. The maximum absolute atomic E-state index is 12.6. The first kappa shape index (κ1) is 18.5. The van der Waals surface area contributed by atoms with Crippen molar-refractivity contribution in [1.82, 2.24) is 9.80 Å². The predicted octanol–water partition coefficient (Wildman–Crippen LogP) is 3.01. The molecule has 1 amide bonds. The second-order valence-electron chi connectivity index (χ2n) is 7.00. The molecule has 3 rings (SSSR count). The van der Waals surface area contributed by atoms with Crippen LogP contribution in [0.25, 0.3) is 0 Å². The summed E-state index contributed by atoms with van der Waals surface area (Å²) in [5, 5.41) is 9.99. The van der Waals surface area contributed by atoms with Gasteiger partial charge in [-0.3, -0.25) is 9.69 Å². The molecule has 1 N–H and O–H groups in total. The van der Waals surface area contributed by atoms with Crippen molar-refractivity contribution in [2.75, 3.05) is 45.9 Å². The third kappa shape index (κ3) is 5.09. The molecule has 0 spiro atoms. The summed E-state index contributed by atoms with van der Waals surface area (Å²) in [5.41, 5.74) is 0.396. The Bertz CT molecular complexity index is 582. The molecular weight excluding hydrogens is 340 g/mol. The number of carbonyl (C=O) groups excluding carboxylic acids is 1. The summed E-state index contributed by atoms with van der Waals surface area (Å²) >= 11 is 6.11. The Kier molecular flexibility index (Phi) is 6.57. The lowest BCUT2D eigenvalue weighted by molar-refractivity contribution is 0.0361. The summed E-state index contributed by atoms with van der Waals surface area (Å²) in [4.78, 5) is 17.0. The number of ether oxygens (including phenoxy) is 1. The van der Waals surface area contributed by atoms with Crippen molar-refractivity contribution in [1.29, 1.82) is 0 Å². The fourth-order valence-electron chi connectivity index (χ4n) is 3.70. The van der Waals surface area contributed by atoms with Gasteiger partial charge in [-0.1, -0.05) is 11.6 Å². The molecule has 0 unspecified atom stereocenters. The maximum Gasteiger partial charge on any atom is 0.255 e. The van der Waals surface area contributed by atoms with Gasteiger partial charge in [-0.05, 0) is 56.3 Å². The Labute approximate surface area is 154 Å². The molecule has 0 saturated carbocycles. The highest BCUT2D eigenvalue weighted by atomic mass is 35.5. The molecule has 0 atom stereocenters. The molecule has 2 aliphatic heterocycles. The van der Waals surface area contributed by atoms with E-state index in [0.717, 1.165) is 58.8 Å². The molecule has 1 aromatic carbocycles. The number of halogens is 1. The van der Waals surface area contributed by atoms with Crippen LogP contribution in [-0.4, -0.2) is 66.8 Å². The van der Waals surface area contributed by atoms with Crippen molar-refractivity contribution >= 4 is 17.5 Å². The Morgan fingerprint density at radius 3 is 2.64 bits per heavy atom. The first-order valence-electron chi connectivity index (χ1n) is 9.21. The van der Waals surface area contributed by atoms with E-state index in [-0.39, 0.29) is 11.7 Å². The van der Waals surface area contributed by atoms with Crippen molar-refractivity contribution in [3.8, 4) is 5.75 Å². The topological polar surface area (TPSA) is 53.0 Å². The molecule has 0 bridgehead atoms. The maximum atomic E-state index is 12.6. The Morgan fingerprint density at radius 1 is 1.20 bits per heavy atom. The zero-order valence-corrected chi connectivity index (χ0v) is 15.4. The molecule has 0 aromatic heterocycles. The summed E-state index contributed by atoms with van der Waals surface area (Å²) < 4.78 is 5.38. The first-order valence-corrected chi connectivity index (χ1v) is 9.59. The smallest absolute Gasteiger partial charge is 0.255 e. The largest absolute Gasteiger partial charge is 0.508 e. The van der Waals surface area contributed by atoms with E-state index in [1.165, 1.54) is 25.0 Å². The highest BCUT2D eigenvalue weighted by molar-refractivity contribution is 6.33. The third-order valence-corrected chi connectivity index (χ3v) is 5.60. The van der Waals surface area contributed by atoms with Crippen molar-refractivity contribution in [3.63, 3.8) is 0 Å². The molecule has 2 fully saturated rings. The lowest BCUT2D eigenvalue weighted by atomic mass is 9.91. The monoisotopic (exact) mass is 366 g/mol. The van der Waals surface area contributed by atoms with Gasteiger partial charge in [0.2, 0.25) is 0 Å². The minimum atomic E-state index is -0.0762. The van der Waals surface area contributed by atoms with Gasteiger partial charge in [0.1, 0.15) is 5.75 Å². The van der Waals surface area contributed by atoms with Crippen LogP contribution in [0.1, 0.15) is 36.0 Å². The molecule has 1 aromatic rings. The standard InChI is InChI=1S/C19H27ClN2O3/c20-18-4-3-16(23)14-17(18)19(24)22-8-5-15(6-9-22)2-1-7-21-10-12-25-13-11-21/h3-4,14-15,23H,1-2,5-13H2. The Morgan fingerprint density at radius 2 is 1.92 bits per heavy atom. The minimum Gasteiger partial charge on any atom is -0.508 e. The van der Waals surface area contributed by atoms with Crippen LogP contribution in [-0.2, 0) is 4.74 Å². The van der Waals surface area contributed by atoms with E-state index in [1.54, 1.807) is 6.07 Å². The summed E-state index contributed by atoms with van der Waals surface area (Å²) in [6, 6.07) is 4.53. The van der Waals surface area contributed by atoms with Crippen LogP contribution < -0.4 is 0 Å². The highest BCUT2D eigenvalue weighted by Crippen LogP contribution is 2.27. The number of aromatic hydroxyl groups is 1. The lowest BCUT2D eigenvalue weighted by Crippen LogP contribution is -2.39. The van der Waals surface area contributed by atoms with E-state index < -0.39 is 0 Å². The number of phenolic OH excluding ortho intramolecular Hbond substituents is 1. The molecule has 2 saturated heterocycles. The molecule has 0 aliphatic carbocycles. The molecule has 2 aliphatic rings. The van der Waals surface area contributed by atoms with E-state index in [0.29, 0.717) is 16.5 Å². The number of morpholine rings is 1. The van der Waals surface area contributed by atoms with Gasteiger partial charge < -0.3 is 14.7 Å². The molecule has 2 heterocycles. The van der Waals surface area contributed by atoms with Gasteiger partial charge >= 0.3 is 0 Å². The number of benzene rings is 1. The van der Waals surface area contributed by atoms with Crippen LogP contribution in [0, 0.1) is 5.92 Å². The molecule has 5 nitrogen and oxygen atoms in total. The van der Waals surface area contributed by atoms with Gasteiger partial charge in [-0.25, -0.2) is 0 Å². The van der Waals surface area contributed by atoms with Crippen LogP contribution in [0.15, 0.2) is 18.2 Å². The van der Waals surface area contributed by atoms with Crippen LogP contribution in [0.3, 0.4) is 0 Å². The summed E-state index contributed by atoms with van der Waals surface area (Å²) in [6.07, 6.45) is 4.54. The summed E-state index contributed by atoms with van der Waals surface area (Å²) in [6.45, 7) is 6.52.